The summed E-state index contributed by atoms with van der Waals surface area (Å²) in [6.07, 6.45) is 4.63. The monoisotopic (exact) mass is 535 g/mol. The summed E-state index contributed by atoms with van der Waals surface area (Å²) in [6, 6.07) is 18.5. The number of β-amino-alcohol motifs (C(OH)–C–C–N with tert-alkyl or cyclic N) is 1. The number of piperidine rings is 1. The standard InChI is InChI=1S/C32H45N3O4/c1-32(2,3)34-30(37)28-19-25-16-10-11-17-26(25)20-35(28)21-29(36)27(18-23-12-6-4-7-13-23)33-31(38)39-22-24-14-8-5-9-15-24/h4-9,12-15,25-29,36H,10-11,16-22H2,1-3H3,(H,33,38)(H,34,37)/t25-,26+,27-,28-,29+/m0/s1. The Morgan fingerprint density at radius 1 is 0.974 bits per heavy atom. The Morgan fingerprint density at radius 3 is 2.23 bits per heavy atom. The Bertz CT molecular complexity index is 1060. The van der Waals surface area contributed by atoms with Crippen molar-refractivity contribution in [3.8, 4) is 0 Å². The van der Waals surface area contributed by atoms with E-state index in [9.17, 15) is 14.7 Å². The van der Waals surface area contributed by atoms with Crippen LogP contribution in [-0.4, -0.2) is 58.8 Å². The van der Waals surface area contributed by atoms with Crippen LogP contribution in [-0.2, 0) is 22.6 Å². The molecule has 4 rings (SSSR count). The fourth-order valence-corrected chi connectivity index (χ4v) is 6.06. The van der Waals surface area contributed by atoms with Crippen LogP contribution < -0.4 is 10.6 Å². The van der Waals surface area contributed by atoms with E-state index in [0.29, 0.717) is 24.8 Å². The Hall–Kier alpha value is -2.90. The summed E-state index contributed by atoms with van der Waals surface area (Å²) >= 11 is 0. The number of alkyl carbamates (subject to hydrolysis) is 1. The van der Waals surface area contributed by atoms with Gasteiger partial charge in [0, 0.05) is 18.6 Å². The molecule has 212 valence electrons. The molecule has 7 heteroatoms. The highest BCUT2D eigenvalue weighted by Gasteiger charge is 2.41. The van der Waals surface area contributed by atoms with E-state index in [4.69, 9.17) is 4.74 Å². The minimum Gasteiger partial charge on any atom is -0.445 e. The van der Waals surface area contributed by atoms with Crippen molar-refractivity contribution in [3.63, 3.8) is 0 Å². The van der Waals surface area contributed by atoms with Crippen molar-refractivity contribution in [2.75, 3.05) is 13.1 Å². The third-order valence-electron chi connectivity index (χ3n) is 8.00. The molecule has 1 saturated heterocycles. The molecule has 2 aromatic carbocycles. The quantitative estimate of drug-likeness (QED) is 0.434. The maximum atomic E-state index is 13.4. The van der Waals surface area contributed by atoms with Gasteiger partial charge in [0.05, 0.1) is 18.2 Å². The van der Waals surface area contributed by atoms with E-state index >= 15 is 0 Å². The smallest absolute Gasteiger partial charge is 0.407 e. The van der Waals surface area contributed by atoms with Gasteiger partial charge in [-0.2, -0.15) is 0 Å². The number of carbonyl (C=O) groups excluding carboxylic acids is 2. The van der Waals surface area contributed by atoms with Gasteiger partial charge in [0.1, 0.15) is 6.61 Å². The van der Waals surface area contributed by atoms with Crippen molar-refractivity contribution in [1.82, 2.24) is 15.5 Å². The summed E-state index contributed by atoms with van der Waals surface area (Å²) in [5, 5.41) is 17.6. The second-order valence-electron chi connectivity index (χ2n) is 12.3. The van der Waals surface area contributed by atoms with E-state index in [2.05, 4.69) is 15.5 Å². The van der Waals surface area contributed by atoms with Gasteiger partial charge in [0.2, 0.25) is 5.91 Å². The van der Waals surface area contributed by atoms with Crippen molar-refractivity contribution in [2.45, 2.75) is 89.6 Å². The molecule has 7 nitrogen and oxygen atoms in total. The third-order valence-corrected chi connectivity index (χ3v) is 8.00. The largest absolute Gasteiger partial charge is 0.445 e. The summed E-state index contributed by atoms with van der Waals surface area (Å²) in [7, 11) is 0. The zero-order valence-electron chi connectivity index (χ0n) is 23.6. The highest BCUT2D eigenvalue weighted by atomic mass is 16.5. The van der Waals surface area contributed by atoms with Crippen LogP contribution in [0.4, 0.5) is 4.79 Å². The Balaban J connectivity index is 1.47. The fraction of sp³-hybridized carbons (Fsp3) is 0.562. The number of benzene rings is 2. The SMILES string of the molecule is CC(C)(C)NC(=O)[C@@H]1C[C@@H]2CCCC[C@@H]2CN1C[C@@H](O)[C@H](Cc1ccccc1)NC(=O)OCc1ccccc1. The van der Waals surface area contributed by atoms with Gasteiger partial charge in [-0.15, -0.1) is 0 Å². The summed E-state index contributed by atoms with van der Waals surface area (Å²) in [5.41, 5.74) is 1.58. The molecular weight excluding hydrogens is 490 g/mol. The summed E-state index contributed by atoms with van der Waals surface area (Å²) in [6.45, 7) is 7.25. The van der Waals surface area contributed by atoms with Crippen molar-refractivity contribution in [2.24, 2.45) is 11.8 Å². The van der Waals surface area contributed by atoms with Crippen molar-refractivity contribution in [1.29, 1.82) is 0 Å². The van der Waals surface area contributed by atoms with Crippen LogP contribution in [0.15, 0.2) is 60.7 Å². The van der Waals surface area contributed by atoms with E-state index in [1.54, 1.807) is 0 Å². The number of likely N-dealkylation sites (tertiary alicyclic amines) is 1. The number of hydrogen-bond donors (Lipinski definition) is 3. The second-order valence-corrected chi connectivity index (χ2v) is 12.3. The summed E-state index contributed by atoms with van der Waals surface area (Å²) < 4.78 is 5.48. The van der Waals surface area contributed by atoms with E-state index in [1.165, 1.54) is 25.7 Å². The van der Waals surface area contributed by atoms with E-state index in [-0.39, 0.29) is 24.1 Å². The lowest BCUT2D eigenvalue weighted by Gasteiger charge is -2.47. The Morgan fingerprint density at radius 2 is 1.59 bits per heavy atom. The predicted molar refractivity (Wildman–Crippen MR) is 153 cm³/mol. The molecule has 2 aromatic rings. The number of nitrogens with one attached hydrogen (secondary N) is 2. The number of carbonyl (C=O) groups is 2. The van der Waals surface area contributed by atoms with Gasteiger partial charge in [0.25, 0.3) is 0 Å². The zero-order chi connectivity index (χ0) is 27.8. The van der Waals surface area contributed by atoms with Crippen LogP contribution in [0.25, 0.3) is 0 Å². The van der Waals surface area contributed by atoms with Crippen LogP contribution in [0.3, 0.4) is 0 Å². The van der Waals surface area contributed by atoms with Crippen LogP contribution in [0.5, 0.6) is 0 Å². The van der Waals surface area contributed by atoms with Crippen LogP contribution >= 0.6 is 0 Å². The van der Waals surface area contributed by atoms with Crippen LogP contribution in [0.1, 0.15) is 64.0 Å². The molecule has 1 saturated carbocycles. The van der Waals surface area contributed by atoms with Gasteiger partial charge >= 0.3 is 6.09 Å². The molecule has 0 aromatic heterocycles. The lowest BCUT2D eigenvalue weighted by Crippen LogP contribution is -2.60. The molecule has 39 heavy (non-hydrogen) atoms. The number of ether oxygens (including phenoxy) is 1. The molecular formula is C32H45N3O4. The van der Waals surface area contributed by atoms with Gasteiger partial charge in [-0.25, -0.2) is 4.79 Å². The minimum absolute atomic E-state index is 0.0218. The highest BCUT2D eigenvalue weighted by Crippen LogP contribution is 2.39. The van der Waals surface area contributed by atoms with E-state index < -0.39 is 18.2 Å². The fourth-order valence-electron chi connectivity index (χ4n) is 6.06. The number of fused-ring (bicyclic) bond motifs is 1. The average Bonchev–Trinajstić information content (AvgIpc) is 2.91. The molecule has 1 aliphatic heterocycles. The molecule has 0 bridgehead atoms. The molecule has 2 amide bonds. The molecule has 1 heterocycles. The minimum atomic E-state index is -0.875. The first-order chi connectivity index (χ1) is 18.7. The maximum absolute atomic E-state index is 13.4. The Labute approximate surface area is 233 Å². The number of rotatable bonds is 9. The van der Waals surface area contributed by atoms with Gasteiger partial charge in [-0.3, -0.25) is 9.69 Å². The highest BCUT2D eigenvalue weighted by molar-refractivity contribution is 5.82. The molecule has 0 radical (unpaired) electrons. The van der Waals surface area contributed by atoms with Crippen molar-refractivity contribution >= 4 is 12.0 Å². The van der Waals surface area contributed by atoms with Gasteiger partial charge < -0.3 is 20.5 Å². The summed E-state index contributed by atoms with van der Waals surface area (Å²) in [5.74, 6) is 1.11. The normalized spacial score (nSPS) is 23.2. The molecule has 5 atom stereocenters. The molecule has 2 fully saturated rings. The van der Waals surface area contributed by atoms with Crippen LogP contribution in [0.2, 0.25) is 0 Å². The van der Waals surface area contributed by atoms with Crippen LogP contribution in [0, 0.1) is 11.8 Å². The molecule has 0 spiro atoms. The first-order valence-corrected chi connectivity index (χ1v) is 14.4. The van der Waals surface area contributed by atoms with Gasteiger partial charge in [-0.05, 0) is 63.0 Å². The zero-order valence-corrected chi connectivity index (χ0v) is 23.6. The number of hydrogen-bond acceptors (Lipinski definition) is 5. The van der Waals surface area contributed by atoms with Gasteiger partial charge in [0.15, 0.2) is 0 Å². The van der Waals surface area contributed by atoms with E-state index in [1.807, 2.05) is 81.4 Å². The molecule has 3 N–H and O–H groups in total. The summed E-state index contributed by atoms with van der Waals surface area (Å²) in [4.78, 5) is 28.4. The lowest BCUT2D eigenvalue weighted by atomic mass is 9.72. The lowest BCUT2D eigenvalue weighted by molar-refractivity contribution is -0.132. The maximum Gasteiger partial charge on any atom is 0.407 e. The van der Waals surface area contributed by atoms with E-state index in [0.717, 1.165) is 24.1 Å². The topological polar surface area (TPSA) is 90.9 Å². The molecule has 1 aliphatic carbocycles. The number of nitrogens with zero attached hydrogens (tertiary/aromatic N) is 1. The average molecular weight is 536 g/mol. The number of aliphatic hydroxyl groups excluding tert-OH is 1. The predicted octanol–water partition coefficient (Wildman–Crippen LogP) is 4.68. The number of amides is 2. The first-order valence-electron chi connectivity index (χ1n) is 14.4. The van der Waals surface area contributed by atoms with Crippen molar-refractivity contribution < 1.29 is 19.4 Å². The molecule has 0 unspecified atom stereocenters. The second kappa shape index (κ2) is 13.4. The first kappa shape index (κ1) is 29.1. The number of aliphatic hydroxyl groups is 1. The van der Waals surface area contributed by atoms with Gasteiger partial charge in [-0.1, -0.05) is 79.9 Å². The molecule has 2 aliphatic rings. The third kappa shape index (κ3) is 8.80. The Kier molecular flexibility index (Phi) is 10.0. The van der Waals surface area contributed by atoms with Crippen molar-refractivity contribution in [3.05, 3.63) is 71.8 Å².